The first-order chi connectivity index (χ1) is 10.2. The molecule has 0 saturated carbocycles. The fourth-order valence-electron chi connectivity index (χ4n) is 2.70. The number of hydrogen-bond donors (Lipinski definition) is 0. The standard InChI is InChI=1S/C17H31NO3/c1-3-5-7-8-9-11-18-14-15(13-16(18)19)17(20)21-12-10-6-4-2/h15H,3-14H2,1-2H3. The van der Waals surface area contributed by atoms with Crippen molar-refractivity contribution >= 4 is 11.9 Å². The third kappa shape index (κ3) is 6.96. The van der Waals surface area contributed by atoms with Gasteiger partial charge in [-0.15, -0.1) is 0 Å². The molecule has 0 N–H and O–H groups in total. The second-order valence-corrected chi connectivity index (χ2v) is 6.03. The minimum atomic E-state index is -0.241. The number of amides is 1. The number of esters is 1. The fraction of sp³-hybridized carbons (Fsp3) is 0.882. The smallest absolute Gasteiger partial charge is 0.311 e. The first-order valence-electron chi connectivity index (χ1n) is 8.63. The molecule has 1 aliphatic heterocycles. The van der Waals surface area contributed by atoms with Crippen LogP contribution in [-0.4, -0.2) is 36.5 Å². The van der Waals surface area contributed by atoms with E-state index in [1.807, 2.05) is 4.90 Å². The Labute approximate surface area is 129 Å². The van der Waals surface area contributed by atoms with Gasteiger partial charge in [0.15, 0.2) is 0 Å². The molecule has 0 aromatic rings. The molecule has 0 radical (unpaired) electrons. The second-order valence-electron chi connectivity index (χ2n) is 6.03. The molecule has 0 bridgehead atoms. The summed E-state index contributed by atoms with van der Waals surface area (Å²) in [5.41, 5.74) is 0. The van der Waals surface area contributed by atoms with Crippen molar-refractivity contribution in [1.29, 1.82) is 0 Å². The Morgan fingerprint density at radius 1 is 1.10 bits per heavy atom. The van der Waals surface area contributed by atoms with E-state index in [0.29, 0.717) is 19.6 Å². The molecule has 0 aromatic carbocycles. The minimum absolute atomic E-state index is 0.112. The van der Waals surface area contributed by atoms with Gasteiger partial charge in [0.25, 0.3) is 0 Å². The number of ether oxygens (including phenoxy) is 1. The zero-order valence-corrected chi connectivity index (χ0v) is 13.7. The number of carbonyl (C=O) groups excluding carboxylic acids is 2. The summed E-state index contributed by atoms with van der Waals surface area (Å²) in [6.45, 7) is 6.16. The predicted octanol–water partition coefficient (Wildman–Crippen LogP) is 3.54. The van der Waals surface area contributed by atoms with Crippen molar-refractivity contribution in [3.05, 3.63) is 0 Å². The molecular formula is C17H31NO3. The van der Waals surface area contributed by atoms with Crippen LogP contribution < -0.4 is 0 Å². The van der Waals surface area contributed by atoms with E-state index in [2.05, 4.69) is 13.8 Å². The average Bonchev–Trinajstić information content (AvgIpc) is 2.85. The molecule has 4 heteroatoms. The molecule has 1 aliphatic rings. The Morgan fingerprint density at radius 3 is 2.48 bits per heavy atom. The molecule has 1 rings (SSSR count). The van der Waals surface area contributed by atoms with E-state index in [4.69, 9.17) is 4.74 Å². The van der Waals surface area contributed by atoms with Gasteiger partial charge < -0.3 is 9.64 Å². The van der Waals surface area contributed by atoms with Gasteiger partial charge in [-0.05, 0) is 12.8 Å². The number of nitrogens with zero attached hydrogens (tertiary/aromatic N) is 1. The Kier molecular flexibility index (Phi) is 9.11. The van der Waals surface area contributed by atoms with E-state index in [0.717, 1.165) is 32.2 Å². The molecule has 122 valence electrons. The number of likely N-dealkylation sites (tertiary alicyclic amines) is 1. The van der Waals surface area contributed by atoms with Gasteiger partial charge in [-0.3, -0.25) is 9.59 Å². The SMILES string of the molecule is CCCCCCCN1CC(C(=O)OCCCCC)CC1=O. The molecule has 4 nitrogen and oxygen atoms in total. The first-order valence-corrected chi connectivity index (χ1v) is 8.63. The Hall–Kier alpha value is -1.06. The van der Waals surface area contributed by atoms with Crippen LogP contribution in [0.2, 0.25) is 0 Å². The molecule has 0 spiro atoms. The van der Waals surface area contributed by atoms with Crippen LogP contribution in [0.1, 0.15) is 71.6 Å². The maximum absolute atomic E-state index is 11.9. The molecule has 1 unspecified atom stereocenters. The van der Waals surface area contributed by atoms with Crippen LogP contribution in [-0.2, 0) is 14.3 Å². The number of carbonyl (C=O) groups is 2. The van der Waals surface area contributed by atoms with E-state index in [9.17, 15) is 9.59 Å². The molecule has 0 aromatic heterocycles. The zero-order chi connectivity index (χ0) is 15.5. The van der Waals surface area contributed by atoms with Gasteiger partial charge in [0.05, 0.1) is 12.5 Å². The highest BCUT2D eigenvalue weighted by Gasteiger charge is 2.34. The summed E-state index contributed by atoms with van der Waals surface area (Å²) < 4.78 is 5.26. The summed E-state index contributed by atoms with van der Waals surface area (Å²) >= 11 is 0. The minimum Gasteiger partial charge on any atom is -0.465 e. The summed E-state index contributed by atoms with van der Waals surface area (Å²) in [6.07, 6.45) is 9.40. The monoisotopic (exact) mass is 297 g/mol. The first kappa shape index (κ1) is 18.0. The second kappa shape index (κ2) is 10.6. The van der Waals surface area contributed by atoms with Gasteiger partial charge >= 0.3 is 5.97 Å². The van der Waals surface area contributed by atoms with Crippen LogP contribution in [0.5, 0.6) is 0 Å². The molecule has 1 atom stereocenters. The molecule has 1 fully saturated rings. The van der Waals surface area contributed by atoms with E-state index >= 15 is 0 Å². The van der Waals surface area contributed by atoms with Crippen molar-refractivity contribution in [2.24, 2.45) is 5.92 Å². The van der Waals surface area contributed by atoms with Crippen molar-refractivity contribution < 1.29 is 14.3 Å². The van der Waals surface area contributed by atoms with Gasteiger partial charge in [0.1, 0.15) is 0 Å². The molecule has 1 heterocycles. The largest absolute Gasteiger partial charge is 0.465 e. The third-order valence-electron chi connectivity index (χ3n) is 4.07. The van der Waals surface area contributed by atoms with Crippen molar-refractivity contribution in [3.63, 3.8) is 0 Å². The summed E-state index contributed by atoms with van der Waals surface area (Å²) in [4.78, 5) is 25.7. The van der Waals surface area contributed by atoms with Crippen LogP contribution in [0.25, 0.3) is 0 Å². The molecule has 0 aliphatic carbocycles. The Bertz CT molecular complexity index is 317. The van der Waals surface area contributed by atoms with E-state index in [1.165, 1.54) is 25.7 Å². The maximum Gasteiger partial charge on any atom is 0.311 e. The number of unbranched alkanes of at least 4 members (excludes halogenated alkanes) is 6. The highest BCUT2D eigenvalue weighted by molar-refractivity contribution is 5.86. The predicted molar refractivity (Wildman–Crippen MR) is 83.9 cm³/mol. The quantitative estimate of drug-likeness (QED) is 0.433. The lowest BCUT2D eigenvalue weighted by Crippen LogP contribution is -2.27. The Morgan fingerprint density at radius 2 is 1.76 bits per heavy atom. The van der Waals surface area contributed by atoms with Crippen LogP contribution in [0.4, 0.5) is 0 Å². The van der Waals surface area contributed by atoms with Crippen LogP contribution >= 0.6 is 0 Å². The van der Waals surface area contributed by atoms with Gasteiger partial charge in [-0.2, -0.15) is 0 Å². The molecular weight excluding hydrogens is 266 g/mol. The lowest BCUT2D eigenvalue weighted by Gasteiger charge is -2.16. The van der Waals surface area contributed by atoms with Crippen molar-refractivity contribution in [1.82, 2.24) is 4.90 Å². The van der Waals surface area contributed by atoms with Gasteiger partial charge in [-0.25, -0.2) is 0 Å². The average molecular weight is 297 g/mol. The van der Waals surface area contributed by atoms with E-state index < -0.39 is 0 Å². The van der Waals surface area contributed by atoms with Crippen LogP contribution in [0, 0.1) is 5.92 Å². The summed E-state index contributed by atoms with van der Waals surface area (Å²) in [5, 5.41) is 0. The summed E-state index contributed by atoms with van der Waals surface area (Å²) in [5.74, 6) is -0.316. The third-order valence-corrected chi connectivity index (χ3v) is 4.07. The van der Waals surface area contributed by atoms with Crippen molar-refractivity contribution in [2.45, 2.75) is 71.6 Å². The fourth-order valence-corrected chi connectivity index (χ4v) is 2.70. The topological polar surface area (TPSA) is 46.6 Å². The lowest BCUT2D eigenvalue weighted by molar-refractivity contribution is -0.148. The summed E-state index contributed by atoms with van der Waals surface area (Å²) in [6, 6.07) is 0. The van der Waals surface area contributed by atoms with Crippen molar-refractivity contribution in [3.8, 4) is 0 Å². The normalized spacial score (nSPS) is 18.3. The number of rotatable bonds is 11. The van der Waals surface area contributed by atoms with Crippen molar-refractivity contribution in [2.75, 3.05) is 19.7 Å². The zero-order valence-electron chi connectivity index (χ0n) is 13.7. The highest BCUT2D eigenvalue weighted by atomic mass is 16.5. The molecule has 1 saturated heterocycles. The van der Waals surface area contributed by atoms with E-state index in [-0.39, 0.29) is 17.8 Å². The maximum atomic E-state index is 11.9. The van der Waals surface area contributed by atoms with Gasteiger partial charge in [0.2, 0.25) is 5.91 Å². The molecule has 21 heavy (non-hydrogen) atoms. The lowest BCUT2D eigenvalue weighted by atomic mass is 10.1. The number of hydrogen-bond acceptors (Lipinski definition) is 3. The highest BCUT2D eigenvalue weighted by Crippen LogP contribution is 2.20. The van der Waals surface area contributed by atoms with Crippen LogP contribution in [0.3, 0.4) is 0 Å². The summed E-state index contributed by atoms with van der Waals surface area (Å²) in [7, 11) is 0. The van der Waals surface area contributed by atoms with E-state index in [1.54, 1.807) is 0 Å². The van der Waals surface area contributed by atoms with Crippen LogP contribution in [0.15, 0.2) is 0 Å². The van der Waals surface area contributed by atoms with Gasteiger partial charge in [0, 0.05) is 19.5 Å². The Balaban J connectivity index is 2.18. The van der Waals surface area contributed by atoms with Gasteiger partial charge in [-0.1, -0.05) is 52.4 Å². The molecule has 1 amide bonds.